The molecular weight excluding hydrogens is 207 g/mol. The van der Waals surface area contributed by atoms with Crippen LogP contribution in [0.3, 0.4) is 0 Å². The van der Waals surface area contributed by atoms with Crippen LogP contribution < -0.4 is 0 Å². The maximum Gasteiger partial charge on any atom is 0.165 e. The fourth-order valence-electron chi connectivity index (χ4n) is 1.60. The molecule has 0 saturated heterocycles. The van der Waals surface area contributed by atoms with Crippen molar-refractivity contribution >= 4 is 15.9 Å². The molecule has 0 aromatic heterocycles. The van der Waals surface area contributed by atoms with E-state index in [-0.39, 0.29) is 0 Å². The summed E-state index contributed by atoms with van der Waals surface area (Å²) in [4.78, 5) is 0. The first-order valence-electron chi connectivity index (χ1n) is 4.59. The Morgan fingerprint density at radius 2 is 1.18 bits per heavy atom. The Bertz CT molecular complexity index is 100. The Morgan fingerprint density at radius 1 is 0.818 bits per heavy atom. The van der Waals surface area contributed by atoms with E-state index in [0.29, 0.717) is 12.8 Å². The molecule has 1 rings (SSSR count). The van der Waals surface area contributed by atoms with Gasteiger partial charge in [0.15, 0.2) is 4.58 Å². The summed E-state index contributed by atoms with van der Waals surface area (Å²) in [7, 11) is 0. The summed E-state index contributed by atoms with van der Waals surface area (Å²) in [6.45, 7) is 0. The smallest absolute Gasteiger partial charge is 0.165 e. The maximum absolute atomic E-state index is 13.4. The highest BCUT2D eigenvalue weighted by molar-refractivity contribution is 9.10. The molecule has 0 aromatic carbocycles. The maximum atomic E-state index is 13.4. The molecule has 0 radical (unpaired) electrons. The standard InChI is InChI=1S/C9H16BrF/c10-9(11)7-5-3-1-2-4-6-8-9/h1-8H2. The summed E-state index contributed by atoms with van der Waals surface area (Å²) in [5.74, 6) is 0. The highest BCUT2D eigenvalue weighted by Crippen LogP contribution is 2.34. The molecule has 1 fully saturated rings. The zero-order valence-corrected chi connectivity index (χ0v) is 8.50. The lowest BCUT2D eigenvalue weighted by Gasteiger charge is -2.16. The molecule has 0 amide bonds. The van der Waals surface area contributed by atoms with Gasteiger partial charge in [-0.05, 0) is 41.6 Å². The van der Waals surface area contributed by atoms with Crippen molar-refractivity contribution in [2.45, 2.75) is 55.9 Å². The van der Waals surface area contributed by atoms with Crippen LogP contribution >= 0.6 is 15.9 Å². The van der Waals surface area contributed by atoms with Crippen LogP contribution in [0.25, 0.3) is 0 Å². The van der Waals surface area contributed by atoms with Crippen molar-refractivity contribution in [3.05, 3.63) is 0 Å². The lowest BCUT2D eigenvalue weighted by Crippen LogP contribution is -2.12. The van der Waals surface area contributed by atoms with Crippen LogP contribution in [-0.2, 0) is 0 Å². The minimum Gasteiger partial charge on any atom is -0.231 e. The molecule has 1 saturated carbocycles. The van der Waals surface area contributed by atoms with Gasteiger partial charge >= 0.3 is 0 Å². The largest absolute Gasteiger partial charge is 0.231 e. The van der Waals surface area contributed by atoms with E-state index in [2.05, 4.69) is 15.9 Å². The summed E-state index contributed by atoms with van der Waals surface area (Å²) in [6.07, 6.45) is 8.49. The predicted molar refractivity (Wildman–Crippen MR) is 49.7 cm³/mol. The van der Waals surface area contributed by atoms with Crippen LogP contribution in [0.2, 0.25) is 0 Å². The Labute approximate surface area is 76.7 Å². The molecule has 2 heteroatoms. The molecule has 0 aromatic rings. The van der Waals surface area contributed by atoms with Crippen LogP contribution in [0.5, 0.6) is 0 Å². The second-order valence-electron chi connectivity index (χ2n) is 3.48. The van der Waals surface area contributed by atoms with Crippen molar-refractivity contribution in [2.75, 3.05) is 0 Å². The van der Waals surface area contributed by atoms with Gasteiger partial charge in [0, 0.05) is 0 Å². The van der Waals surface area contributed by atoms with E-state index in [1.807, 2.05) is 0 Å². The summed E-state index contributed by atoms with van der Waals surface area (Å²) >= 11 is 3.15. The molecule has 0 unspecified atom stereocenters. The molecule has 1 aliphatic carbocycles. The van der Waals surface area contributed by atoms with E-state index in [4.69, 9.17) is 0 Å². The topological polar surface area (TPSA) is 0 Å². The van der Waals surface area contributed by atoms with E-state index in [1.165, 1.54) is 25.7 Å². The molecule has 0 aliphatic heterocycles. The zero-order chi connectivity index (χ0) is 8.16. The minimum atomic E-state index is -1.04. The SMILES string of the molecule is FC1(Br)CCCCCCCC1. The second-order valence-corrected chi connectivity index (χ2v) is 4.90. The van der Waals surface area contributed by atoms with Crippen molar-refractivity contribution in [3.8, 4) is 0 Å². The first kappa shape index (κ1) is 9.50. The Kier molecular flexibility index (Phi) is 3.83. The quantitative estimate of drug-likeness (QED) is 0.540. The van der Waals surface area contributed by atoms with E-state index in [9.17, 15) is 4.39 Å². The van der Waals surface area contributed by atoms with Crippen LogP contribution in [0.1, 0.15) is 51.4 Å². The molecule has 0 N–H and O–H groups in total. The average molecular weight is 223 g/mol. The van der Waals surface area contributed by atoms with E-state index < -0.39 is 4.58 Å². The van der Waals surface area contributed by atoms with Gasteiger partial charge in [0.05, 0.1) is 0 Å². The highest BCUT2D eigenvalue weighted by atomic mass is 79.9. The van der Waals surface area contributed by atoms with Crippen molar-refractivity contribution in [1.82, 2.24) is 0 Å². The van der Waals surface area contributed by atoms with Gasteiger partial charge in [-0.1, -0.05) is 25.7 Å². The lowest BCUT2D eigenvalue weighted by atomic mass is 10.1. The molecule has 66 valence electrons. The number of alkyl halides is 2. The third-order valence-electron chi connectivity index (χ3n) is 2.34. The number of rotatable bonds is 0. The number of hydrogen-bond donors (Lipinski definition) is 0. The Balaban J connectivity index is 2.31. The van der Waals surface area contributed by atoms with Crippen molar-refractivity contribution in [1.29, 1.82) is 0 Å². The van der Waals surface area contributed by atoms with Gasteiger partial charge in [-0.25, -0.2) is 4.39 Å². The monoisotopic (exact) mass is 222 g/mol. The van der Waals surface area contributed by atoms with Crippen molar-refractivity contribution in [3.63, 3.8) is 0 Å². The molecule has 0 bridgehead atoms. The summed E-state index contributed by atoms with van der Waals surface area (Å²) < 4.78 is 12.4. The molecule has 0 atom stereocenters. The number of hydrogen-bond acceptors (Lipinski definition) is 0. The van der Waals surface area contributed by atoms with Crippen LogP contribution in [0.4, 0.5) is 4.39 Å². The first-order chi connectivity index (χ1) is 5.21. The highest BCUT2D eigenvalue weighted by Gasteiger charge is 2.24. The van der Waals surface area contributed by atoms with Gasteiger partial charge in [-0.2, -0.15) is 0 Å². The molecule has 0 heterocycles. The Hall–Kier alpha value is 0.410. The van der Waals surface area contributed by atoms with E-state index in [1.54, 1.807) is 0 Å². The van der Waals surface area contributed by atoms with Gasteiger partial charge in [0.1, 0.15) is 0 Å². The molecule has 11 heavy (non-hydrogen) atoms. The van der Waals surface area contributed by atoms with Crippen molar-refractivity contribution < 1.29 is 4.39 Å². The van der Waals surface area contributed by atoms with Gasteiger partial charge in [0.2, 0.25) is 0 Å². The van der Waals surface area contributed by atoms with E-state index >= 15 is 0 Å². The van der Waals surface area contributed by atoms with Crippen molar-refractivity contribution in [2.24, 2.45) is 0 Å². The average Bonchev–Trinajstić information content (AvgIpc) is 2.00. The zero-order valence-electron chi connectivity index (χ0n) is 6.91. The first-order valence-corrected chi connectivity index (χ1v) is 5.38. The van der Waals surface area contributed by atoms with Crippen LogP contribution in [0, 0.1) is 0 Å². The van der Waals surface area contributed by atoms with Crippen LogP contribution in [0.15, 0.2) is 0 Å². The normalized spacial score (nSPS) is 26.7. The van der Waals surface area contributed by atoms with Crippen LogP contribution in [-0.4, -0.2) is 4.58 Å². The Morgan fingerprint density at radius 3 is 1.64 bits per heavy atom. The van der Waals surface area contributed by atoms with Gasteiger partial charge in [-0.15, -0.1) is 0 Å². The van der Waals surface area contributed by atoms with Gasteiger partial charge in [0.25, 0.3) is 0 Å². The fraction of sp³-hybridized carbons (Fsp3) is 1.00. The third-order valence-corrected chi connectivity index (χ3v) is 3.13. The molecule has 0 spiro atoms. The molecular formula is C9H16BrF. The summed E-state index contributed by atoms with van der Waals surface area (Å²) in [6, 6.07) is 0. The minimum absolute atomic E-state index is 0.701. The third kappa shape index (κ3) is 4.09. The predicted octanol–water partition coefficient (Wildman–Crippen LogP) is 4.18. The van der Waals surface area contributed by atoms with Gasteiger partial charge in [-0.3, -0.25) is 0 Å². The van der Waals surface area contributed by atoms with E-state index in [0.717, 1.165) is 12.8 Å². The summed E-state index contributed by atoms with van der Waals surface area (Å²) in [5, 5.41) is 0. The second kappa shape index (κ2) is 4.44. The molecule has 0 nitrogen and oxygen atoms in total. The number of halogens is 2. The lowest BCUT2D eigenvalue weighted by molar-refractivity contribution is 0.254. The molecule has 1 aliphatic rings. The fourth-order valence-corrected chi connectivity index (χ4v) is 2.16. The summed E-state index contributed by atoms with van der Waals surface area (Å²) in [5.41, 5.74) is 0. The van der Waals surface area contributed by atoms with Gasteiger partial charge < -0.3 is 0 Å².